The van der Waals surface area contributed by atoms with Gasteiger partial charge in [-0.2, -0.15) is 0 Å². The second kappa shape index (κ2) is 18.8. The van der Waals surface area contributed by atoms with Gasteiger partial charge in [0.25, 0.3) is 0 Å². The fourth-order valence-corrected chi connectivity index (χ4v) is 7.41. The minimum absolute atomic E-state index is 0.135. The average molecular weight is 577 g/mol. The van der Waals surface area contributed by atoms with Crippen molar-refractivity contribution in [2.75, 3.05) is 33.9 Å². The summed E-state index contributed by atoms with van der Waals surface area (Å²) in [6.45, 7) is 4.05. The molecular formula is C30H59NO7P+. The van der Waals surface area contributed by atoms with Crippen molar-refractivity contribution in [3.63, 3.8) is 0 Å². The number of hydrogen-bond acceptors (Lipinski definition) is 6. The van der Waals surface area contributed by atoms with Crippen LogP contribution in [0.2, 0.25) is 0 Å². The molecule has 2 aliphatic heterocycles. The Morgan fingerprint density at radius 3 is 1.95 bits per heavy atom. The third-order valence-corrected chi connectivity index (χ3v) is 9.79. The average Bonchev–Trinajstić information content (AvgIpc) is 3.02. The Bertz CT molecular complexity index is 719. The van der Waals surface area contributed by atoms with Gasteiger partial charge in [-0.05, 0) is 12.8 Å². The number of hydrogen-bond donors (Lipinski definition) is 1. The predicted octanol–water partition coefficient (Wildman–Crippen LogP) is 7.32. The molecule has 0 aliphatic carbocycles. The van der Waals surface area contributed by atoms with Crippen molar-refractivity contribution < 1.29 is 37.3 Å². The van der Waals surface area contributed by atoms with Gasteiger partial charge in [0.2, 0.25) is 0 Å². The second-order valence-corrected chi connectivity index (χ2v) is 13.7. The highest BCUT2D eigenvalue weighted by Gasteiger charge is 2.52. The summed E-state index contributed by atoms with van der Waals surface area (Å²) < 4.78 is 35.4. The summed E-state index contributed by atoms with van der Waals surface area (Å²) in [5.74, 6) is -0.472. The number of piperidine rings is 1. The number of fused-ring (bicyclic) bond motifs is 2. The van der Waals surface area contributed by atoms with Gasteiger partial charge in [0.1, 0.15) is 18.2 Å². The van der Waals surface area contributed by atoms with Crippen molar-refractivity contribution in [2.24, 2.45) is 0 Å². The standard InChI is InChI=1S/C30H58NO7P/c1-5-6-7-8-9-10-11-12-13-14-15-16-17-18-23-35-24-28(37-26(2)32)25-36-39(33,34)38-30-22-20-27-19-21-29(30)31(27,3)4/h27-30H,5-25H2,1-4H3/p+1. The summed E-state index contributed by atoms with van der Waals surface area (Å²) in [5.41, 5.74) is 0. The Balaban J connectivity index is 1.52. The molecule has 2 fully saturated rings. The topological polar surface area (TPSA) is 91.3 Å². The van der Waals surface area contributed by atoms with E-state index in [0.29, 0.717) is 12.6 Å². The molecule has 0 amide bonds. The number of likely N-dealkylation sites (N-methyl/N-ethyl adjacent to an activating group) is 1. The van der Waals surface area contributed by atoms with Crippen molar-refractivity contribution in [2.45, 2.75) is 154 Å². The van der Waals surface area contributed by atoms with Crippen molar-refractivity contribution in [3.8, 4) is 0 Å². The molecule has 0 aromatic rings. The van der Waals surface area contributed by atoms with Gasteiger partial charge in [0, 0.05) is 32.8 Å². The van der Waals surface area contributed by atoms with E-state index in [0.717, 1.165) is 43.0 Å². The van der Waals surface area contributed by atoms with Crippen molar-refractivity contribution in [1.29, 1.82) is 0 Å². The van der Waals surface area contributed by atoms with Crippen LogP contribution in [0.1, 0.15) is 129 Å². The molecule has 0 aromatic carbocycles. The van der Waals surface area contributed by atoms with Gasteiger partial charge in [-0.1, -0.05) is 90.4 Å². The summed E-state index contributed by atoms with van der Waals surface area (Å²) in [7, 11) is 0.0678. The minimum atomic E-state index is -4.28. The van der Waals surface area contributed by atoms with E-state index in [4.69, 9.17) is 18.5 Å². The molecule has 5 unspecified atom stereocenters. The van der Waals surface area contributed by atoms with Crippen LogP contribution >= 0.6 is 7.82 Å². The lowest BCUT2D eigenvalue weighted by Crippen LogP contribution is -2.58. The highest BCUT2D eigenvalue weighted by molar-refractivity contribution is 7.47. The maximum atomic E-state index is 12.7. The summed E-state index contributed by atoms with van der Waals surface area (Å²) >= 11 is 0. The van der Waals surface area contributed by atoms with E-state index in [1.807, 2.05) is 0 Å². The Hall–Kier alpha value is -0.500. The normalized spacial score (nSPS) is 24.4. The van der Waals surface area contributed by atoms with E-state index in [2.05, 4.69) is 21.0 Å². The molecule has 0 saturated carbocycles. The molecule has 39 heavy (non-hydrogen) atoms. The Morgan fingerprint density at radius 1 is 0.846 bits per heavy atom. The number of carbonyl (C=O) groups excluding carboxylic acids is 1. The van der Waals surface area contributed by atoms with E-state index < -0.39 is 19.9 Å². The van der Waals surface area contributed by atoms with Gasteiger partial charge in [-0.3, -0.25) is 13.8 Å². The summed E-state index contributed by atoms with van der Waals surface area (Å²) in [4.78, 5) is 21.9. The van der Waals surface area contributed by atoms with Crippen molar-refractivity contribution >= 4 is 13.8 Å². The monoisotopic (exact) mass is 576 g/mol. The van der Waals surface area contributed by atoms with Gasteiger partial charge < -0.3 is 18.9 Å². The lowest BCUT2D eigenvalue weighted by Gasteiger charge is -2.45. The number of quaternary nitrogens is 1. The Morgan fingerprint density at radius 2 is 1.38 bits per heavy atom. The molecule has 0 aromatic heterocycles. The number of esters is 1. The van der Waals surface area contributed by atoms with Crippen LogP contribution in [0.3, 0.4) is 0 Å². The number of ether oxygens (including phenoxy) is 2. The summed E-state index contributed by atoms with van der Waals surface area (Å²) in [5, 5.41) is 0. The zero-order valence-corrected chi connectivity index (χ0v) is 26.3. The molecular weight excluding hydrogens is 517 g/mol. The number of unbranched alkanes of at least 4 members (excludes halogenated alkanes) is 13. The molecule has 0 spiro atoms. The maximum Gasteiger partial charge on any atom is 0.472 e. The first kappa shape index (κ1) is 34.7. The fourth-order valence-electron chi connectivity index (χ4n) is 6.41. The zero-order chi connectivity index (χ0) is 28.6. The Labute approximate surface area is 238 Å². The first-order valence-corrected chi connectivity index (χ1v) is 17.4. The first-order valence-electron chi connectivity index (χ1n) is 15.9. The van der Waals surface area contributed by atoms with Gasteiger partial charge in [0.05, 0.1) is 33.4 Å². The molecule has 2 rings (SSSR count). The van der Waals surface area contributed by atoms with Crippen LogP contribution in [-0.2, 0) is 27.9 Å². The third kappa shape index (κ3) is 13.8. The van der Waals surface area contributed by atoms with E-state index in [-0.39, 0.29) is 25.4 Å². The minimum Gasteiger partial charge on any atom is -0.458 e. The molecule has 2 saturated heterocycles. The lowest BCUT2D eigenvalue weighted by molar-refractivity contribution is -0.933. The Kier molecular flexibility index (Phi) is 16.8. The molecule has 230 valence electrons. The molecule has 5 atom stereocenters. The quantitative estimate of drug-likeness (QED) is 0.0590. The van der Waals surface area contributed by atoms with Gasteiger partial charge in [-0.15, -0.1) is 0 Å². The first-order chi connectivity index (χ1) is 18.7. The van der Waals surface area contributed by atoms with Gasteiger partial charge >= 0.3 is 13.8 Å². The fraction of sp³-hybridized carbons (Fsp3) is 0.967. The largest absolute Gasteiger partial charge is 0.472 e. The number of phosphoric ester groups is 1. The van der Waals surface area contributed by atoms with Crippen LogP contribution in [0.15, 0.2) is 0 Å². The molecule has 0 radical (unpaired) electrons. The van der Waals surface area contributed by atoms with E-state index in [1.165, 1.54) is 84.0 Å². The predicted molar refractivity (Wildman–Crippen MR) is 155 cm³/mol. The van der Waals surface area contributed by atoms with Crippen LogP contribution in [0.5, 0.6) is 0 Å². The highest BCUT2D eigenvalue weighted by atomic mass is 31.2. The van der Waals surface area contributed by atoms with Gasteiger partial charge in [-0.25, -0.2) is 4.57 Å². The van der Waals surface area contributed by atoms with E-state index in [9.17, 15) is 14.3 Å². The molecule has 2 bridgehead atoms. The number of carbonyl (C=O) groups is 1. The van der Waals surface area contributed by atoms with Crippen LogP contribution in [0, 0.1) is 0 Å². The number of rotatable bonds is 23. The SMILES string of the molecule is CCCCCCCCCCCCCCCCOCC(COP(=O)(O)OC1CCC2CCC1[N+]2(C)C)OC(C)=O. The van der Waals surface area contributed by atoms with Crippen LogP contribution in [-0.4, -0.2) is 73.6 Å². The summed E-state index contributed by atoms with van der Waals surface area (Å²) in [6.07, 6.45) is 21.0. The summed E-state index contributed by atoms with van der Waals surface area (Å²) in [6, 6.07) is 0.796. The highest BCUT2D eigenvalue weighted by Crippen LogP contribution is 2.50. The lowest BCUT2D eigenvalue weighted by atomic mass is 9.98. The van der Waals surface area contributed by atoms with Crippen LogP contribution < -0.4 is 0 Å². The zero-order valence-electron chi connectivity index (χ0n) is 25.4. The molecule has 2 heterocycles. The molecule has 9 heteroatoms. The van der Waals surface area contributed by atoms with E-state index in [1.54, 1.807) is 0 Å². The molecule has 8 nitrogen and oxygen atoms in total. The van der Waals surface area contributed by atoms with Crippen molar-refractivity contribution in [3.05, 3.63) is 0 Å². The maximum absolute atomic E-state index is 12.7. The second-order valence-electron chi connectivity index (χ2n) is 12.3. The van der Waals surface area contributed by atoms with Gasteiger partial charge in [0.15, 0.2) is 0 Å². The van der Waals surface area contributed by atoms with Crippen molar-refractivity contribution in [1.82, 2.24) is 0 Å². The van der Waals surface area contributed by atoms with Crippen LogP contribution in [0.25, 0.3) is 0 Å². The van der Waals surface area contributed by atoms with Crippen LogP contribution in [0.4, 0.5) is 0 Å². The number of phosphoric acid groups is 1. The smallest absolute Gasteiger partial charge is 0.458 e. The molecule has 2 aliphatic rings. The van der Waals surface area contributed by atoms with E-state index >= 15 is 0 Å². The number of nitrogens with zero attached hydrogens (tertiary/aromatic N) is 1. The third-order valence-electron chi connectivity index (χ3n) is 8.78. The molecule has 1 N–H and O–H groups in total.